The van der Waals surface area contributed by atoms with Crippen LogP contribution in [0.3, 0.4) is 0 Å². The predicted octanol–water partition coefficient (Wildman–Crippen LogP) is 2.96. The van der Waals surface area contributed by atoms with Crippen molar-refractivity contribution in [2.45, 2.75) is 18.9 Å². The molecule has 7 nitrogen and oxygen atoms in total. The molecule has 1 aliphatic rings. The van der Waals surface area contributed by atoms with E-state index < -0.39 is 0 Å². The maximum absolute atomic E-state index is 12.6. The molecule has 0 unspecified atom stereocenters. The summed E-state index contributed by atoms with van der Waals surface area (Å²) < 4.78 is 7.96. The monoisotopic (exact) mass is 379 g/mol. The number of benzene rings is 1. The summed E-state index contributed by atoms with van der Waals surface area (Å²) in [6, 6.07) is 5.28. The lowest BCUT2D eigenvalue weighted by atomic mass is 10.2. The van der Waals surface area contributed by atoms with E-state index in [4.69, 9.17) is 4.74 Å². The van der Waals surface area contributed by atoms with Crippen LogP contribution >= 0.6 is 15.9 Å². The summed E-state index contributed by atoms with van der Waals surface area (Å²) in [6.45, 7) is 0.705. The highest BCUT2D eigenvalue weighted by Crippen LogP contribution is 2.32. The second-order valence-corrected chi connectivity index (χ2v) is 6.29. The quantitative estimate of drug-likeness (QED) is 0.889. The lowest BCUT2D eigenvalue weighted by Gasteiger charge is -2.24. The average molecular weight is 380 g/mol. The minimum Gasteiger partial charge on any atom is -0.495 e. The molecule has 0 bridgehead atoms. The number of hydrogen-bond donors (Lipinski definition) is 1. The Kier molecular flexibility index (Phi) is 4.51. The van der Waals surface area contributed by atoms with E-state index in [-0.39, 0.29) is 12.1 Å². The number of amides is 2. The number of aryl methyl sites for hydroxylation is 1. The smallest absolute Gasteiger partial charge is 0.322 e. The first-order chi connectivity index (χ1) is 11.1. The molecule has 2 amide bonds. The third-order valence-electron chi connectivity index (χ3n) is 3.96. The van der Waals surface area contributed by atoms with Crippen LogP contribution in [-0.2, 0) is 7.05 Å². The fourth-order valence-corrected chi connectivity index (χ4v) is 3.21. The van der Waals surface area contributed by atoms with Crippen molar-refractivity contribution in [3.8, 4) is 5.75 Å². The number of likely N-dealkylation sites (tertiary alicyclic amines) is 1. The van der Waals surface area contributed by atoms with Gasteiger partial charge < -0.3 is 19.5 Å². The molecule has 1 N–H and O–H groups in total. The van der Waals surface area contributed by atoms with Crippen LogP contribution in [0, 0.1) is 0 Å². The van der Waals surface area contributed by atoms with Crippen molar-refractivity contribution in [3.05, 3.63) is 34.8 Å². The summed E-state index contributed by atoms with van der Waals surface area (Å²) >= 11 is 3.40. The van der Waals surface area contributed by atoms with Crippen molar-refractivity contribution in [3.63, 3.8) is 0 Å². The van der Waals surface area contributed by atoms with Gasteiger partial charge in [0, 0.05) is 25.3 Å². The zero-order valence-corrected chi connectivity index (χ0v) is 14.6. The zero-order chi connectivity index (χ0) is 16.4. The Labute approximate surface area is 142 Å². The van der Waals surface area contributed by atoms with E-state index in [0.717, 1.165) is 23.1 Å². The van der Waals surface area contributed by atoms with Crippen LogP contribution in [0.15, 0.2) is 29.0 Å². The summed E-state index contributed by atoms with van der Waals surface area (Å²) in [7, 11) is 3.49. The zero-order valence-electron chi connectivity index (χ0n) is 13.0. The highest BCUT2D eigenvalue weighted by atomic mass is 79.9. The van der Waals surface area contributed by atoms with Crippen molar-refractivity contribution in [1.82, 2.24) is 19.7 Å². The Bertz CT molecular complexity index is 718. The number of ether oxygens (including phenoxy) is 1. The molecular weight excluding hydrogens is 362 g/mol. The van der Waals surface area contributed by atoms with Crippen LogP contribution in [0.5, 0.6) is 5.75 Å². The summed E-state index contributed by atoms with van der Waals surface area (Å²) in [4.78, 5) is 14.4. The second-order valence-electron chi connectivity index (χ2n) is 5.43. The number of aromatic nitrogens is 3. The minimum absolute atomic E-state index is 0.0418. The number of carbonyl (C=O) groups excluding carboxylic acids is 1. The van der Waals surface area contributed by atoms with E-state index in [9.17, 15) is 4.79 Å². The third-order valence-corrected chi connectivity index (χ3v) is 4.62. The first kappa shape index (κ1) is 15.8. The lowest BCUT2D eigenvalue weighted by Crippen LogP contribution is -2.35. The molecule has 2 heterocycles. The van der Waals surface area contributed by atoms with Gasteiger partial charge in [0.25, 0.3) is 0 Å². The topological polar surface area (TPSA) is 72.3 Å². The number of carbonyl (C=O) groups is 1. The van der Waals surface area contributed by atoms with Crippen molar-refractivity contribution >= 4 is 27.6 Å². The summed E-state index contributed by atoms with van der Waals surface area (Å²) in [6.07, 6.45) is 3.50. The van der Waals surface area contributed by atoms with Gasteiger partial charge in [-0.25, -0.2) is 4.79 Å². The lowest BCUT2D eigenvalue weighted by molar-refractivity contribution is 0.204. The largest absolute Gasteiger partial charge is 0.495 e. The molecule has 1 aliphatic heterocycles. The highest BCUT2D eigenvalue weighted by molar-refractivity contribution is 9.10. The van der Waals surface area contributed by atoms with Crippen molar-refractivity contribution < 1.29 is 9.53 Å². The molecule has 0 saturated carbocycles. The maximum Gasteiger partial charge on any atom is 0.322 e. The van der Waals surface area contributed by atoms with E-state index in [0.29, 0.717) is 18.0 Å². The molecule has 1 fully saturated rings. The summed E-state index contributed by atoms with van der Waals surface area (Å²) in [5.74, 6) is 1.49. The Balaban J connectivity index is 1.76. The van der Waals surface area contributed by atoms with Crippen molar-refractivity contribution in [2.24, 2.45) is 7.05 Å². The molecule has 1 aromatic carbocycles. The Morgan fingerprint density at radius 3 is 3.00 bits per heavy atom. The van der Waals surface area contributed by atoms with Gasteiger partial charge >= 0.3 is 6.03 Å². The maximum atomic E-state index is 12.6. The number of hydrogen-bond acceptors (Lipinski definition) is 4. The van der Waals surface area contributed by atoms with Gasteiger partial charge in [0.2, 0.25) is 0 Å². The van der Waals surface area contributed by atoms with Crippen LogP contribution in [0.1, 0.15) is 24.7 Å². The minimum atomic E-state index is -0.139. The van der Waals surface area contributed by atoms with Crippen LogP contribution in [-0.4, -0.2) is 39.4 Å². The standard InChI is InChI=1S/C15H18BrN5O2/c1-20-9-17-19-14(20)12-4-3-7-21(12)15(22)18-10-5-6-11(16)13(8-10)23-2/h5-6,8-9,12H,3-4,7H2,1-2H3,(H,18,22)/t12-/m0/s1. The Hall–Kier alpha value is -2.09. The molecule has 0 aliphatic carbocycles. The summed E-state index contributed by atoms with van der Waals surface area (Å²) in [5.41, 5.74) is 0.693. The number of rotatable bonds is 3. The van der Waals surface area contributed by atoms with Gasteiger partial charge in [-0.2, -0.15) is 0 Å². The summed E-state index contributed by atoms with van der Waals surface area (Å²) in [5, 5.41) is 11.0. The second kappa shape index (κ2) is 6.57. The van der Waals surface area contributed by atoms with Gasteiger partial charge in [-0.15, -0.1) is 10.2 Å². The van der Waals surface area contributed by atoms with E-state index >= 15 is 0 Å². The predicted molar refractivity (Wildman–Crippen MR) is 89.4 cm³/mol. The van der Waals surface area contributed by atoms with Crippen molar-refractivity contribution in [1.29, 1.82) is 0 Å². The molecular formula is C15H18BrN5O2. The van der Waals surface area contributed by atoms with E-state index in [1.54, 1.807) is 24.4 Å². The van der Waals surface area contributed by atoms with Crippen LogP contribution in [0.25, 0.3) is 0 Å². The van der Waals surface area contributed by atoms with Gasteiger partial charge in [-0.3, -0.25) is 0 Å². The van der Waals surface area contributed by atoms with Gasteiger partial charge in [0.1, 0.15) is 12.1 Å². The molecule has 0 radical (unpaired) electrons. The molecule has 1 aromatic heterocycles. The first-order valence-corrected chi connectivity index (χ1v) is 8.14. The normalized spacial score (nSPS) is 17.3. The fourth-order valence-electron chi connectivity index (χ4n) is 2.80. The third kappa shape index (κ3) is 3.17. The van der Waals surface area contributed by atoms with Crippen LogP contribution in [0.2, 0.25) is 0 Å². The van der Waals surface area contributed by atoms with Crippen LogP contribution in [0.4, 0.5) is 10.5 Å². The molecule has 23 heavy (non-hydrogen) atoms. The molecule has 122 valence electrons. The molecule has 2 aromatic rings. The van der Waals surface area contributed by atoms with E-state index in [2.05, 4.69) is 31.4 Å². The van der Waals surface area contributed by atoms with Gasteiger partial charge in [0.15, 0.2) is 5.82 Å². The number of anilines is 1. The average Bonchev–Trinajstić information content (AvgIpc) is 3.17. The Morgan fingerprint density at radius 2 is 2.30 bits per heavy atom. The number of halogens is 1. The molecule has 8 heteroatoms. The molecule has 0 spiro atoms. The number of nitrogens with zero attached hydrogens (tertiary/aromatic N) is 4. The fraction of sp³-hybridized carbons (Fsp3) is 0.400. The van der Waals surface area contributed by atoms with E-state index in [1.165, 1.54) is 0 Å². The number of methoxy groups -OCH3 is 1. The number of nitrogens with one attached hydrogen (secondary N) is 1. The molecule has 3 rings (SSSR count). The first-order valence-electron chi connectivity index (χ1n) is 7.35. The van der Waals surface area contributed by atoms with Gasteiger partial charge in [0.05, 0.1) is 17.6 Å². The molecule has 1 saturated heterocycles. The SMILES string of the molecule is COc1cc(NC(=O)N2CCC[C@H]2c2nncn2C)ccc1Br. The highest BCUT2D eigenvalue weighted by Gasteiger charge is 2.33. The van der Waals surface area contributed by atoms with Gasteiger partial charge in [-0.05, 0) is 40.9 Å². The van der Waals surface area contributed by atoms with E-state index in [1.807, 2.05) is 23.7 Å². The van der Waals surface area contributed by atoms with Gasteiger partial charge in [-0.1, -0.05) is 0 Å². The molecule has 1 atom stereocenters. The Morgan fingerprint density at radius 1 is 1.48 bits per heavy atom. The van der Waals surface area contributed by atoms with Crippen molar-refractivity contribution in [2.75, 3.05) is 19.0 Å². The number of urea groups is 1. The van der Waals surface area contributed by atoms with Crippen LogP contribution < -0.4 is 10.1 Å².